The Labute approximate surface area is 174 Å². The summed E-state index contributed by atoms with van der Waals surface area (Å²) in [6, 6.07) is 24.1. The van der Waals surface area contributed by atoms with E-state index in [0.717, 1.165) is 11.1 Å². The highest BCUT2D eigenvalue weighted by Crippen LogP contribution is 2.36. The van der Waals surface area contributed by atoms with Crippen molar-refractivity contribution in [2.24, 2.45) is 0 Å². The van der Waals surface area contributed by atoms with Crippen molar-refractivity contribution in [3.63, 3.8) is 0 Å². The molecule has 0 aromatic heterocycles. The van der Waals surface area contributed by atoms with Crippen molar-refractivity contribution >= 4 is 11.8 Å². The minimum absolute atomic E-state index is 0.0201. The summed E-state index contributed by atoms with van der Waals surface area (Å²) in [7, 11) is 0. The van der Waals surface area contributed by atoms with Crippen LogP contribution in [0.3, 0.4) is 0 Å². The van der Waals surface area contributed by atoms with Crippen molar-refractivity contribution < 1.29 is 24.2 Å². The van der Waals surface area contributed by atoms with E-state index in [-0.39, 0.29) is 12.2 Å². The first-order chi connectivity index (χ1) is 14.6. The second kappa shape index (κ2) is 8.51. The van der Waals surface area contributed by atoms with Crippen LogP contribution in [-0.2, 0) is 21.6 Å². The number of hydrogen-bond donors (Lipinski definition) is 1. The van der Waals surface area contributed by atoms with Gasteiger partial charge in [0.25, 0.3) is 0 Å². The first kappa shape index (κ1) is 19.9. The van der Waals surface area contributed by atoms with Gasteiger partial charge in [0.1, 0.15) is 12.4 Å². The van der Waals surface area contributed by atoms with Crippen molar-refractivity contribution in [1.29, 1.82) is 0 Å². The van der Waals surface area contributed by atoms with Crippen LogP contribution in [0.25, 0.3) is 0 Å². The number of rotatable bonds is 8. The predicted molar refractivity (Wildman–Crippen MR) is 112 cm³/mol. The van der Waals surface area contributed by atoms with E-state index in [0.29, 0.717) is 36.7 Å². The SMILES string of the molecule is O=C(O)CC1(c2ccc(OCc3cccc(C(=O)c4ccccc4)c3)cc2)COC1. The topological polar surface area (TPSA) is 72.8 Å². The highest BCUT2D eigenvalue weighted by atomic mass is 16.5. The summed E-state index contributed by atoms with van der Waals surface area (Å²) in [5.74, 6) is -0.166. The number of ether oxygens (including phenoxy) is 2. The number of benzene rings is 3. The number of aliphatic carboxylic acids is 1. The summed E-state index contributed by atoms with van der Waals surface area (Å²) < 4.78 is 11.1. The van der Waals surface area contributed by atoms with Crippen molar-refractivity contribution in [3.05, 3.63) is 101 Å². The average Bonchev–Trinajstić information content (AvgIpc) is 2.75. The van der Waals surface area contributed by atoms with E-state index in [1.54, 1.807) is 18.2 Å². The molecule has 5 nitrogen and oxygen atoms in total. The van der Waals surface area contributed by atoms with Crippen LogP contribution in [0.15, 0.2) is 78.9 Å². The fraction of sp³-hybridized carbons (Fsp3) is 0.200. The van der Waals surface area contributed by atoms with Gasteiger partial charge in [0, 0.05) is 11.1 Å². The molecule has 0 saturated carbocycles. The molecule has 0 aliphatic carbocycles. The lowest BCUT2D eigenvalue weighted by molar-refractivity contribution is -0.145. The van der Waals surface area contributed by atoms with E-state index in [1.807, 2.05) is 60.7 Å². The second-order valence-corrected chi connectivity index (χ2v) is 7.55. The Morgan fingerprint density at radius 3 is 2.23 bits per heavy atom. The van der Waals surface area contributed by atoms with Gasteiger partial charge in [-0.3, -0.25) is 9.59 Å². The predicted octanol–water partition coefficient (Wildman–Crippen LogP) is 4.24. The molecular weight excluding hydrogens is 380 g/mol. The molecule has 5 heteroatoms. The van der Waals surface area contributed by atoms with Crippen LogP contribution in [0.5, 0.6) is 5.75 Å². The highest BCUT2D eigenvalue weighted by Gasteiger charge is 2.42. The summed E-state index contributed by atoms with van der Waals surface area (Å²) in [6.45, 7) is 1.17. The third kappa shape index (κ3) is 4.26. The minimum Gasteiger partial charge on any atom is -0.489 e. The zero-order valence-corrected chi connectivity index (χ0v) is 16.4. The van der Waals surface area contributed by atoms with Crippen LogP contribution in [0.1, 0.15) is 33.5 Å². The first-order valence-electron chi connectivity index (χ1n) is 9.77. The third-order valence-electron chi connectivity index (χ3n) is 5.34. The Hall–Kier alpha value is -3.44. The molecule has 1 aliphatic rings. The molecule has 0 unspecified atom stereocenters. The zero-order chi connectivity index (χ0) is 21.0. The molecule has 0 amide bonds. The van der Waals surface area contributed by atoms with Gasteiger partial charge in [-0.25, -0.2) is 0 Å². The highest BCUT2D eigenvalue weighted by molar-refractivity contribution is 6.09. The van der Waals surface area contributed by atoms with Gasteiger partial charge >= 0.3 is 5.97 Å². The zero-order valence-electron chi connectivity index (χ0n) is 16.4. The van der Waals surface area contributed by atoms with Gasteiger partial charge < -0.3 is 14.6 Å². The third-order valence-corrected chi connectivity index (χ3v) is 5.34. The largest absolute Gasteiger partial charge is 0.489 e. The average molecular weight is 402 g/mol. The van der Waals surface area contributed by atoms with Gasteiger partial charge in [-0.05, 0) is 29.3 Å². The molecule has 1 saturated heterocycles. The maximum atomic E-state index is 12.6. The van der Waals surface area contributed by atoms with Gasteiger partial charge in [0.05, 0.1) is 25.0 Å². The summed E-state index contributed by atoms with van der Waals surface area (Å²) in [6.07, 6.45) is 0.0510. The monoisotopic (exact) mass is 402 g/mol. The van der Waals surface area contributed by atoms with Gasteiger partial charge in [0.15, 0.2) is 5.78 Å². The Bertz CT molecular complexity index is 1040. The number of carbonyl (C=O) groups excluding carboxylic acids is 1. The van der Waals surface area contributed by atoms with E-state index in [9.17, 15) is 14.7 Å². The maximum Gasteiger partial charge on any atom is 0.304 e. The molecule has 3 aromatic carbocycles. The van der Waals surface area contributed by atoms with Gasteiger partial charge in [-0.1, -0.05) is 60.7 Å². The molecule has 0 bridgehead atoms. The number of carboxylic acid groups (broad SMARTS) is 1. The molecule has 4 rings (SSSR count). The Morgan fingerprint density at radius 2 is 1.60 bits per heavy atom. The second-order valence-electron chi connectivity index (χ2n) is 7.55. The lowest BCUT2D eigenvalue weighted by Crippen LogP contribution is -2.48. The Morgan fingerprint density at radius 1 is 0.900 bits per heavy atom. The van der Waals surface area contributed by atoms with Crippen LogP contribution >= 0.6 is 0 Å². The van der Waals surface area contributed by atoms with Crippen LogP contribution in [0.4, 0.5) is 0 Å². The van der Waals surface area contributed by atoms with E-state index in [2.05, 4.69) is 0 Å². The molecule has 152 valence electrons. The summed E-state index contributed by atoms with van der Waals surface area (Å²) in [5.41, 5.74) is 2.67. The lowest BCUT2D eigenvalue weighted by Gasteiger charge is -2.40. The van der Waals surface area contributed by atoms with E-state index < -0.39 is 11.4 Å². The van der Waals surface area contributed by atoms with Crippen LogP contribution in [0, 0.1) is 0 Å². The number of ketones is 1. The van der Waals surface area contributed by atoms with Crippen molar-refractivity contribution in [1.82, 2.24) is 0 Å². The van der Waals surface area contributed by atoms with Crippen molar-refractivity contribution in [2.45, 2.75) is 18.4 Å². The quantitative estimate of drug-likeness (QED) is 0.571. The maximum absolute atomic E-state index is 12.6. The summed E-state index contributed by atoms with van der Waals surface area (Å²) >= 11 is 0. The fourth-order valence-corrected chi connectivity index (χ4v) is 3.64. The molecule has 1 aliphatic heterocycles. The molecule has 1 fully saturated rings. The normalized spacial score (nSPS) is 14.5. The van der Waals surface area contributed by atoms with Crippen LogP contribution in [-0.4, -0.2) is 30.1 Å². The Kier molecular flexibility index (Phi) is 5.63. The summed E-state index contributed by atoms with van der Waals surface area (Å²) in [4.78, 5) is 23.8. The molecule has 0 atom stereocenters. The van der Waals surface area contributed by atoms with Crippen LogP contribution < -0.4 is 4.74 Å². The molecule has 30 heavy (non-hydrogen) atoms. The molecule has 0 radical (unpaired) electrons. The van der Waals surface area contributed by atoms with Crippen LogP contribution in [0.2, 0.25) is 0 Å². The van der Waals surface area contributed by atoms with Gasteiger partial charge in [-0.2, -0.15) is 0 Å². The van der Waals surface area contributed by atoms with Crippen molar-refractivity contribution in [3.8, 4) is 5.75 Å². The molecule has 3 aromatic rings. The molecular formula is C25H22O5. The summed E-state index contributed by atoms with van der Waals surface area (Å²) in [5, 5.41) is 9.17. The smallest absolute Gasteiger partial charge is 0.304 e. The molecule has 1 N–H and O–H groups in total. The standard InChI is InChI=1S/C25H22O5/c26-23(27)14-25(16-29-17-25)21-9-11-22(12-10-21)30-15-18-5-4-8-20(13-18)24(28)19-6-2-1-3-7-19/h1-13H,14-17H2,(H,26,27). The Balaban J connectivity index is 1.42. The minimum atomic E-state index is -0.830. The first-order valence-corrected chi connectivity index (χ1v) is 9.77. The van der Waals surface area contributed by atoms with Crippen molar-refractivity contribution in [2.75, 3.05) is 13.2 Å². The number of carbonyl (C=O) groups is 2. The van der Waals surface area contributed by atoms with E-state index in [1.165, 1.54) is 0 Å². The lowest BCUT2D eigenvalue weighted by atomic mass is 9.76. The van der Waals surface area contributed by atoms with E-state index in [4.69, 9.17) is 9.47 Å². The number of carboxylic acids is 1. The van der Waals surface area contributed by atoms with Gasteiger partial charge in [0.2, 0.25) is 0 Å². The fourth-order valence-electron chi connectivity index (χ4n) is 3.64. The van der Waals surface area contributed by atoms with Gasteiger partial charge in [-0.15, -0.1) is 0 Å². The molecule has 1 heterocycles. The van der Waals surface area contributed by atoms with E-state index >= 15 is 0 Å². The molecule has 0 spiro atoms. The number of hydrogen-bond acceptors (Lipinski definition) is 4.